The minimum atomic E-state index is 0. The smallest absolute Gasteiger partial charge is 0.0406 e. The van der Waals surface area contributed by atoms with Gasteiger partial charge in [-0.1, -0.05) is 48.0 Å². The first kappa shape index (κ1) is 19.3. The van der Waals surface area contributed by atoms with E-state index in [1.807, 2.05) is 36.4 Å². The van der Waals surface area contributed by atoms with Crippen LogP contribution in [0.5, 0.6) is 0 Å². The van der Waals surface area contributed by atoms with Gasteiger partial charge in [-0.25, -0.2) is 0 Å². The third-order valence-corrected chi connectivity index (χ3v) is 4.68. The van der Waals surface area contributed by atoms with Gasteiger partial charge < -0.3 is 11.5 Å². The van der Waals surface area contributed by atoms with Crippen molar-refractivity contribution in [3.8, 4) is 0 Å². The van der Waals surface area contributed by atoms with E-state index >= 15 is 0 Å². The molecule has 4 N–H and O–H groups in total. The maximum absolute atomic E-state index is 6.34. The third-order valence-electron chi connectivity index (χ3n) is 3.33. The van der Waals surface area contributed by atoms with E-state index in [-0.39, 0.29) is 18.4 Å². The van der Waals surface area contributed by atoms with Crippen LogP contribution >= 0.6 is 35.8 Å². The molecule has 2 nitrogen and oxygen atoms in total. The van der Waals surface area contributed by atoms with Crippen LogP contribution in [0.4, 0.5) is 0 Å². The summed E-state index contributed by atoms with van der Waals surface area (Å²) in [7, 11) is 0. The molecule has 0 saturated heterocycles. The second-order valence-electron chi connectivity index (χ2n) is 4.98. The van der Waals surface area contributed by atoms with Crippen LogP contribution in [0, 0.1) is 0 Å². The SMILES string of the molecule is Cl.NCCCC[C@@H](N)c1ccccc1Sc1ccc(Cl)cc1. The number of benzene rings is 2. The van der Waals surface area contributed by atoms with Crippen LogP contribution in [0.3, 0.4) is 0 Å². The van der Waals surface area contributed by atoms with Crippen molar-refractivity contribution < 1.29 is 0 Å². The minimum Gasteiger partial charge on any atom is -0.330 e. The number of hydrogen-bond acceptors (Lipinski definition) is 3. The average Bonchev–Trinajstić information content (AvgIpc) is 2.50. The van der Waals surface area contributed by atoms with E-state index in [0.717, 1.165) is 30.8 Å². The summed E-state index contributed by atoms with van der Waals surface area (Å²) in [5.41, 5.74) is 13.1. The molecule has 5 heteroatoms. The van der Waals surface area contributed by atoms with Crippen molar-refractivity contribution in [3.05, 3.63) is 59.1 Å². The molecular weight excluding hydrogens is 335 g/mol. The van der Waals surface area contributed by atoms with Gasteiger partial charge in [0.1, 0.15) is 0 Å². The highest BCUT2D eigenvalue weighted by molar-refractivity contribution is 7.99. The summed E-state index contributed by atoms with van der Waals surface area (Å²) in [4.78, 5) is 2.38. The Balaban J connectivity index is 0.00000242. The first-order valence-corrected chi connectivity index (χ1v) is 8.38. The van der Waals surface area contributed by atoms with Crippen LogP contribution in [-0.2, 0) is 0 Å². The Morgan fingerprint density at radius 3 is 2.36 bits per heavy atom. The van der Waals surface area contributed by atoms with E-state index < -0.39 is 0 Å². The predicted molar refractivity (Wildman–Crippen MR) is 99.1 cm³/mol. The van der Waals surface area contributed by atoms with Crippen LogP contribution in [0.1, 0.15) is 30.9 Å². The average molecular weight is 357 g/mol. The van der Waals surface area contributed by atoms with E-state index in [0.29, 0.717) is 0 Å². The number of unbranched alkanes of at least 4 members (excludes halogenated alkanes) is 1. The Morgan fingerprint density at radius 1 is 1.00 bits per heavy atom. The summed E-state index contributed by atoms with van der Waals surface area (Å²) in [5, 5.41) is 0.756. The molecule has 2 rings (SSSR count). The molecule has 2 aromatic carbocycles. The van der Waals surface area contributed by atoms with Gasteiger partial charge in [-0.3, -0.25) is 0 Å². The Labute approximate surface area is 148 Å². The number of halogens is 2. The van der Waals surface area contributed by atoms with Gasteiger partial charge in [-0.15, -0.1) is 12.4 Å². The van der Waals surface area contributed by atoms with Gasteiger partial charge in [-0.05, 0) is 55.3 Å². The number of hydrogen-bond donors (Lipinski definition) is 2. The van der Waals surface area contributed by atoms with Crippen molar-refractivity contribution >= 4 is 35.8 Å². The Kier molecular flexibility index (Phi) is 8.91. The Hall–Kier alpha value is -0.710. The highest BCUT2D eigenvalue weighted by Crippen LogP contribution is 2.34. The quantitative estimate of drug-likeness (QED) is 0.683. The predicted octanol–water partition coefficient (Wildman–Crippen LogP) is 5.04. The van der Waals surface area contributed by atoms with Crippen molar-refractivity contribution in [2.24, 2.45) is 11.5 Å². The fourth-order valence-electron chi connectivity index (χ4n) is 2.17. The van der Waals surface area contributed by atoms with Gasteiger partial charge in [0, 0.05) is 20.9 Å². The van der Waals surface area contributed by atoms with Crippen LogP contribution in [0.25, 0.3) is 0 Å². The zero-order valence-corrected chi connectivity index (χ0v) is 14.8. The summed E-state index contributed by atoms with van der Waals surface area (Å²) in [5.74, 6) is 0. The van der Waals surface area contributed by atoms with E-state index in [1.165, 1.54) is 15.4 Å². The third kappa shape index (κ3) is 5.82. The zero-order valence-electron chi connectivity index (χ0n) is 12.4. The number of rotatable bonds is 7. The molecule has 22 heavy (non-hydrogen) atoms. The lowest BCUT2D eigenvalue weighted by molar-refractivity contribution is 0.584. The molecule has 0 bridgehead atoms. The maximum Gasteiger partial charge on any atom is 0.0406 e. The molecule has 0 radical (unpaired) electrons. The first-order valence-electron chi connectivity index (χ1n) is 7.18. The van der Waals surface area contributed by atoms with Crippen molar-refractivity contribution in [3.63, 3.8) is 0 Å². The molecule has 0 unspecified atom stereocenters. The first-order chi connectivity index (χ1) is 10.2. The van der Waals surface area contributed by atoms with E-state index in [9.17, 15) is 0 Å². The van der Waals surface area contributed by atoms with Gasteiger partial charge in [0.05, 0.1) is 0 Å². The normalized spacial score (nSPS) is 11.8. The second-order valence-corrected chi connectivity index (χ2v) is 6.54. The highest BCUT2D eigenvalue weighted by Gasteiger charge is 2.11. The minimum absolute atomic E-state index is 0. The van der Waals surface area contributed by atoms with Crippen molar-refractivity contribution in [2.75, 3.05) is 6.54 Å². The van der Waals surface area contributed by atoms with E-state index in [2.05, 4.69) is 12.1 Å². The van der Waals surface area contributed by atoms with Crippen LogP contribution in [0.15, 0.2) is 58.3 Å². The van der Waals surface area contributed by atoms with Gasteiger partial charge in [-0.2, -0.15) is 0 Å². The van der Waals surface area contributed by atoms with Crippen LogP contribution in [0.2, 0.25) is 5.02 Å². The van der Waals surface area contributed by atoms with E-state index in [1.54, 1.807) is 11.8 Å². The largest absolute Gasteiger partial charge is 0.330 e. The Morgan fingerprint density at radius 2 is 1.68 bits per heavy atom. The number of nitrogens with two attached hydrogens (primary N) is 2. The van der Waals surface area contributed by atoms with Crippen LogP contribution in [-0.4, -0.2) is 6.54 Å². The molecule has 120 valence electrons. The molecule has 0 aliphatic carbocycles. The molecule has 0 amide bonds. The summed E-state index contributed by atoms with van der Waals surface area (Å²) >= 11 is 7.65. The van der Waals surface area contributed by atoms with Crippen molar-refractivity contribution in [1.29, 1.82) is 0 Å². The molecule has 0 aliphatic heterocycles. The van der Waals surface area contributed by atoms with Crippen molar-refractivity contribution in [1.82, 2.24) is 0 Å². The monoisotopic (exact) mass is 356 g/mol. The molecule has 2 aromatic rings. The van der Waals surface area contributed by atoms with Gasteiger partial charge in [0.2, 0.25) is 0 Å². The molecule has 0 aliphatic rings. The highest BCUT2D eigenvalue weighted by atomic mass is 35.5. The molecule has 0 saturated carbocycles. The molecule has 0 spiro atoms. The fourth-order valence-corrected chi connectivity index (χ4v) is 3.31. The van der Waals surface area contributed by atoms with Crippen molar-refractivity contribution in [2.45, 2.75) is 35.1 Å². The lowest BCUT2D eigenvalue weighted by atomic mass is 10.0. The molecular formula is C17H22Cl2N2S. The summed E-state index contributed by atoms with van der Waals surface area (Å²) < 4.78 is 0. The topological polar surface area (TPSA) is 52.0 Å². The Bertz CT molecular complexity index is 561. The van der Waals surface area contributed by atoms with Gasteiger partial charge >= 0.3 is 0 Å². The standard InChI is InChI=1S/C17H21ClN2S.ClH/c18-13-8-10-14(11-9-13)21-17-7-2-1-5-15(17)16(20)6-3-4-12-19;/h1-2,5,7-11,16H,3-4,6,12,19-20H2;1H/t16-;/m1./s1. The summed E-state index contributed by atoms with van der Waals surface area (Å²) in [6.45, 7) is 0.730. The van der Waals surface area contributed by atoms with Crippen LogP contribution < -0.4 is 11.5 Å². The van der Waals surface area contributed by atoms with Gasteiger partial charge in [0.15, 0.2) is 0 Å². The fraction of sp³-hybridized carbons (Fsp3) is 0.294. The lowest BCUT2D eigenvalue weighted by Crippen LogP contribution is -2.12. The summed E-state index contributed by atoms with van der Waals surface area (Å²) in [6, 6.07) is 16.3. The molecule has 0 aromatic heterocycles. The molecule has 1 atom stereocenters. The van der Waals surface area contributed by atoms with E-state index in [4.69, 9.17) is 23.1 Å². The zero-order chi connectivity index (χ0) is 15.1. The summed E-state index contributed by atoms with van der Waals surface area (Å²) in [6.07, 6.45) is 3.06. The maximum atomic E-state index is 6.34. The lowest BCUT2D eigenvalue weighted by Gasteiger charge is -2.16. The molecule has 0 heterocycles. The molecule has 0 fully saturated rings. The van der Waals surface area contributed by atoms with Gasteiger partial charge in [0.25, 0.3) is 0 Å². The second kappa shape index (κ2) is 10.1.